The fraction of sp³-hybridized carbons (Fsp3) is 0.200. The first-order valence-corrected chi connectivity index (χ1v) is 11.2. The zero-order valence-corrected chi connectivity index (χ0v) is 21.3. The predicted octanol–water partition coefficient (Wildman–Crippen LogP) is 4.57. The van der Waals surface area contributed by atoms with Gasteiger partial charge in [0.15, 0.2) is 23.0 Å². The third kappa shape index (κ3) is 3.99. The summed E-state index contributed by atoms with van der Waals surface area (Å²) in [5, 5.41) is 0.779. The number of ether oxygens (including phenoxy) is 5. The Hall–Kier alpha value is -3.92. The minimum atomic E-state index is -0.700. The fourth-order valence-corrected chi connectivity index (χ4v) is 4.66. The van der Waals surface area contributed by atoms with Crippen LogP contribution < -0.4 is 24.5 Å². The molecule has 0 radical (unpaired) electrons. The Balaban J connectivity index is 2.28. The number of methoxy groups -OCH3 is 5. The van der Waals surface area contributed by atoms with Crippen molar-refractivity contribution < 1.29 is 28.5 Å². The molecule has 0 saturated heterocycles. The lowest BCUT2D eigenvalue weighted by Crippen LogP contribution is -2.27. The molecular formula is C25H23BrN2O7. The van der Waals surface area contributed by atoms with E-state index in [-0.39, 0.29) is 5.69 Å². The Kier molecular flexibility index (Phi) is 6.74. The van der Waals surface area contributed by atoms with Crippen LogP contribution in [-0.2, 0) is 4.74 Å². The molecule has 35 heavy (non-hydrogen) atoms. The Morgan fingerprint density at radius 1 is 0.886 bits per heavy atom. The van der Waals surface area contributed by atoms with Crippen molar-refractivity contribution in [2.75, 3.05) is 35.5 Å². The van der Waals surface area contributed by atoms with Gasteiger partial charge in [-0.2, -0.15) is 0 Å². The summed E-state index contributed by atoms with van der Waals surface area (Å²) >= 11 is 3.52. The normalized spacial score (nSPS) is 10.8. The first-order valence-electron chi connectivity index (χ1n) is 10.4. The molecule has 2 aromatic carbocycles. The highest BCUT2D eigenvalue weighted by Gasteiger charge is 2.28. The molecule has 2 aromatic heterocycles. The Morgan fingerprint density at radius 2 is 1.54 bits per heavy atom. The van der Waals surface area contributed by atoms with Gasteiger partial charge in [0.2, 0.25) is 0 Å². The number of H-pyrrole nitrogens is 1. The summed E-state index contributed by atoms with van der Waals surface area (Å²) in [6.07, 6.45) is 1.66. The van der Waals surface area contributed by atoms with E-state index in [0.29, 0.717) is 55.2 Å². The number of hydrogen-bond acceptors (Lipinski definition) is 7. The van der Waals surface area contributed by atoms with Crippen molar-refractivity contribution in [1.29, 1.82) is 0 Å². The lowest BCUT2D eigenvalue weighted by molar-refractivity contribution is 0.0591. The third-order valence-corrected chi connectivity index (χ3v) is 6.20. The average molecular weight is 543 g/mol. The van der Waals surface area contributed by atoms with E-state index in [1.807, 2.05) is 0 Å². The van der Waals surface area contributed by atoms with Gasteiger partial charge in [0.1, 0.15) is 11.5 Å². The predicted molar refractivity (Wildman–Crippen MR) is 135 cm³/mol. The first-order chi connectivity index (χ1) is 16.9. The average Bonchev–Trinajstić information content (AvgIpc) is 3.41. The number of fused-ring (bicyclic) bond motifs is 1. The Morgan fingerprint density at radius 3 is 2.09 bits per heavy atom. The van der Waals surface area contributed by atoms with Crippen LogP contribution in [0.25, 0.3) is 27.7 Å². The van der Waals surface area contributed by atoms with Gasteiger partial charge in [-0.15, -0.1) is 0 Å². The number of benzene rings is 2. The summed E-state index contributed by atoms with van der Waals surface area (Å²) in [4.78, 5) is 30.0. The van der Waals surface area contributed by atoms with E-state index < -0.39 is 11.5 Å². The van der Waals surface area contributed by atoms with Crippen LogP contribution in [0.1, 0.15) is 10.5 Å². The first kappa shape index (κ1) is 24.2. The number of nitrogens with zero attached hydrogens (tertiary/aromatic N) is 1. The van der Waals surface area contributed by atoms with E-state index in [0.717, 1.165) is 0 Å². The SMILES string of the molecule is COC(=O)c1c(-c2cc(Br)c(OC)c(OC)c2)c2cc(OC)c(OC)cc2c(=O)n1-c1ccc[nH]1. The van der Waals surface area contributed by atoms with Crippen molar-refractivity contribution in [2.24, 2.45) is 0 Å². The summed E-state index contributed by atoms with van der Waals surface area (Å²) in [6, 6.07) is 10.2. The largest absolute Gasteiger partial charge is 0.493 e. The van der Waals surface area contributed by atoms with Gasteiger partial charge in [-0.25, -0.2) is 4.79 Å². The van der Waals surface area contributed by atoms with Crippen LogP contribution in [0.4, 0.5) is 0 Å². The summed E-state index contributed by atoms with van der Waals surface area (Å²) in [5.41, 5.74) is 0.599. The van der Waals surface area contributed by atoms with Gasteiger partial charge in [-0.1, -0.05) is 0 Å². The molecule has 182 valence electrons. The third-order valence-electron chi connectivity index (χ3n) is 5.61. The van der Waals surface area contributed by atoms with E-state index in [1.165, 1.54) is 40.1 Å². The molecule has 4 rings (SSSR count). The lowest BCUT2D eigenvalue weighted by atomic mass is 9.95. The molecule has 0 fully saturated rings. The molecule has 9 nitrogen and oxygen atoms in total. The molecule has 4 aromatic rings. The van der Waals surface area contributed by atoms with Gasteiger partial charge >= 0.3 is 5.97 Å². The van der Waals surface area contributed by atoms with Crippen LogP contribution in [0.5, 0.6) is 23.0 Å². The van der Waals surface area contributed by atoms with Gasteiger partial charge in [-0.05, 0) is 57.9 Å². The highest BCUT2D eigenvalue weighted by Crippen LogP contribution is 2.43. The molecule has 0 aliphatic heterocycles. The summed E-state index contributed by atoms with van der Waals surface area (Å²) in [6.45, 7) is 0. The number of pyridine rings is 1. The molecular weight excluding hydrogens is 520 g/mol. The molecule has 10 heteroatoms. The van der Waals surface area contributed by atoms with Crippen molar-refractivity contribution in [3.63, 3.8) is 0 Å². The smallest absolute Gasteiger partial charge is 0.355 e. The van der Waals surface area contributed by atoms with E-state index in [9.17, 15) is 9.59 Å². The number of carbonyl (C=O) groups excluding carboxylic acids is 1. The van der Waals surface area contributed by atoms with Crippen molar-refractivity contribution in [3.8, 4) is 39.9 Å². The van der Waals surface area contributed by atoms with Crippen molar-refractivity contribution in [3.05, 3.63) is 63.1 Å². The number of aromatic amines is 1. The second kappa shape index (κ2) is 9.75. The van der Waals surface area contributed by atoms with Crippen LogP contribution in [0.15, 0.2) is 51.9 Å². The van der Waals surface area contributed by atoms with Crippen LogP contribution in [0.2, 0.25) is 0 Å². The maximum absolute atomic E-state index is 13.8. The summed E-state index contributed by atoms with van der Waals surface area (Å²) < 4.78 is 29.0. The number of nitrogens with one attached hydrogen (secondary N) is 1. The standard InChI is InChI=1S/C25H23BrN2O7/c1-31-17-11-14-15(12-18(17)32-2)24(29)28(20-7-6-8-27-20)22(25(30)35-5)21(14)13-9-16(26)23(34-4)19(10-13)33-3/h6-12,27H,1-5H3. The number of carbonyl (C=O) groups is 1. The minimum Gasteiger partial charge on any atom is -0.493 e. The van der Waals surface area contributed by atoms with Crippen LogP contribution in [0.3, 0.4) is 0 Å². The maximum Gasteiger partial charge on any atom is 0.355 e. The second-order valence-electron chi connectivity index (χ2n) is 7.36. The van der Waals surface area contributed by atoms with Gasteiger partial charge in [0.25, 0.3) is 5.56 Å². The number of esters is 1. The fourth-order valence-electron chi connectivity index (χ4n) is 4.06. The second-order valence-corrected chi connectivity index (χ2v) is 8.21. The Labute approximate surface area is 209 Å². The van der Waals surface area contributed by atoms with Crippen LogP contribution in [-0.4, -0.2) is 51.1 Å². The highest BCUT2D eigenvalue weighted by atomic mass is 79.9. The zero-order valence-electron chi connectivity index (χ0n) is 19.7. The molecule has 0 aliphatic rings. The summed E-state index contributed by atoms with van der Waals surface area (Å²) in [5.74, 6) is 1.38. The van der Waals surface area contributed by atoms with Gasteiger partial charge in [0, 0.05) is 17.1 Å². The van der Waals surface area contributed by atoms with Crippen molar-refractivity contribution in [2.45, 2.75) is 0 Å². The minimum absolute atomic E-state index is 0.0267. The van der Waals surface area contributed by atoms with Gasteiger partial charge < -0.3 is 28.7 Å². The zero-order chi connectivity index (χ0) is 25.3. The van der Waals surface area contributed by atoms with Crippen molar-refractivity contribution in [1.82, 2.24) is 9.55 Å². The van der Waals surface area contributed by atoms with Crippen molar-refractivity contribution >= 4 is 32.7 Å². The number of aromatic nitrogens is 2. The molecule has 2 heterocycles. The molecule has 0 unspecified atom stereocenters. The van der Waals surface area contributed by atoms with Gasteiger partial charge in [-0.3, -0.25) is 9.36 Å². The number of rotatable bonds is 7. The molecule has 0 bridgehead atoms. The lowest BCUT2D eigenvalue weighted by Gasteiger charge is -2.20. The van der Waals surface area contributed by atoms with Crippen LogP contribution in [0, 0.1) is 0 Å². The molecule has 0 aliphatic carbocycles. The topological polar surface area (TPSA) is 101 Å². The number of halogens is 1. The van der Waals surface area contributed by atoms with E-state index >= 15 is 0 Å². The monoisotopic (exact) mass is 542 g/mol. The highest BCUT2D eigenvalue weighted by molar-refractivity contribution is 9.10. The Bertz CT molecular complexity index is 1480. The molecule has 0 atom stereocenters. The molecule has 0 spiro atoms. The number of hydrogen-bond donors (Lipinski definition) is 1. The van der Waals surface area contributed by atoms with E-state index in [1.54, 1.807) is 42.6 Å². The summed E-state index contributed by atoms with van der Waals surface area (Å²) in [7, 11) is 7.29. The molecule has 0 amide bonds. The van der Waals surface area contributed by atoms with Gasteiger partial charge in [0.05, 0.1) is 45.4 Å². The quantitative estimate of drug-likeness (QED) is 0.341. The maximum atomic E-state index is 13.8. The molecule has 0 saturated carbocycles. The van der Waals surface area contributed by atoms with Crippen LogP contribution >= 0.6 is 15.9 Å². The van der Waals surface area contributed by atoms with E-state index in [4.69, 9.17) is 23.7 Å². The van der Waals surface area contributed by atoms with E-state index in [2.05, 4.69) is 20.9 Å². The molecule has 1 N–H and O–H groups in total.